The summed E-state index contributed by atoms with van der Waals surface area (Å²) in [5.41, 5.74) is 0. The standard InChI is InChI=1S/C2H6.C2H2.CO2.CO.CH4.3H2/c2*1-2;2-1-3;1-2;;;;/h1-2H3;1-2H;;;1H4;3*1H. The third-order valence-electron chi connectivity index (χ3n) is 0. The Balaban J connectivity index is -0.00000000394. The smallest absolute Gasteiger partial charge is 0 e. The molecule has 0 unspecified atom stereocenters. The van der Waals surface area contributed by atoms with Crippen molar-refractivity contribution in [3.63, 3.8) is 0 Å². The van der Waals surface area contributed by atoms with Gasteiger partial charge in [0, 0.05) is 4.28 Å². The van der Waals surface area contributed by atoms with Gasteiger partial charge < -0.3 is 0 Å². The number of carbonyl (C=O) groups excluding carboxylic acids is 2. The molecule has 0 aliphatic rings. The van der Waals surface area contributed by atoms with Crippen molar-refractivity contribution in [2.45, 2.75) is 21.3 Å². The van der Waals surface area contributed by atoms with Gasteiger partial charge in [0.25, 0.3) is 0 Å². The predicted octanol–water partition coefficient (Wildman–Crippen LogP) is 2.03. The molecule has 0 N–H and O–H groups in total. The second-order valence-electron chi connectivity index (χ2n) is 0.0833. The maximum absolute atomic E-state index is 8.12. The number of hydrogen-bond donors (Lipinski definition) is 0. The molecule has 0 aliphatic heterocycles. The summed E-state index contributed by atoms with van der Waals surface area (Å²) < 4.78 is 7.50. The van der Waals surface area contributed by atoms with Gasteiger partial charge in [-0.05, 0) is 0 Å². The first-order chi connectivity index (χ1) is 4.41. The average molecular weight is 150 g/mol. The van der Waals surface area contributed by atoms with Gasteiger partial charge in [0.15, 0.2) is 0 Å². The van der Waals surface area contributed by atoms with Crippen molar-refractivity contribution in [1.82, 2.24) is 0 Å². The van der Waals surface area contributed by atoms with E-state index >= 15 is 0 Å². The van der Waals surface area contributed by atoms with Crippen LogP contribution in [0.1, 0.15) is 25.6 Å². The van der Waals surface area contributed by atoms with Crippen LogP contribution in [-0.4, -0.2) is 6.15 Å². The molecule has 0 amide bonds. The zero-order valence-corrected chi connectivity index (χ0v) is 5.38. The Morgan fingerprint density at radius 3 is 1.30 bits per heavy atom. The van der Waals surface area contributed by atoms with E-state index in [0.29, 0.717) is 0 Å². The molecule has 0 saturated heterocycles. The SMILES string of the molecule is C.C#C.CC.O=C=O.[C-]#[O+].[HH].[HH].[HH]. The number of terminal acetylenes is 1. The summed E-state index contributed by atoms with van der Waals surface area (Å²) in [6, 6.07) is 0. The van der Waals surface area contributed by atoms with Crippen molar-refractivity contribution in [3.8, 4) is 12.8 Å². The second kappa shape index (κ2) is 3350. The van der Waals surface area contributed by atoms with E-state index in [4.69, 9.17) is 14.2 Å². The van der Waals surface area contributed by atoms with Crippen LogP contribution < -0.4 is 0 Å². The van der Waals surface area contributed by atoms with Crippen molar-refractivity contribution < 1.29 is 18.5 Å². The molecular formula is C7H18O3. The van der Waals surface area contributed by atoms with Crippen molar-refractivity contribution in [2.75, 3.05) is 0 Å². The largest absolute Gasteiger partial charge is 0 e. The minimum atomic E-state index is 0. The molecule has 0 heterocycles. The van der Waals surface area contributed by atoms with Crippen LogP contribution in [0.2, 0.25) is 0 Å². The first kappa shape index (κ1) is 37.8. The molecule has 64 valence electrons. The van der Waals surface area contributed by atoms with E-state index in [1.54, 1.807) is 0 Å². The van der Waals surface area contributed by atoms with E-state index in [-0.39, 0.29) is 17.9 Å². The van der Waals surface area contributed by atoms with Crippen LogP contribution in [0.4, 0.5) is 0 Å². The second-order valence-corrected chi connectivity index (χ2v) is 0.0833. The Hall–Kier alpha value is -1.32. The van der Waals surface area contributed by atoms with Crippen molar-refractivity contribution in [1.29, 1.82) is 0 Å². The normalized spacial score (nSPS) is 1.80. The summed E-state index contributed by atoms with van der Waals surface area (Å²) >= 11 is 0. The Morgan fingerprint density at radius 2 is 1.30 bits per heavy atom. The Bertz CT molecular complexity index is 79.5. The van der Waals surface area contributed by atoms with Crippen LogP contribution in [0.5, 0.6) is 0 Å². The fourth-order valence-electron chi connectivity index (χ4n) is 0. The third kappa shape index (κ3) is 124. The summed E-state index contributed by atoms with van der Waals surface area (Å²) in [6.45, 7) is 8.50. The van der Waals surface area contributed by atoms with E-state index in [1.807, 2.05) is 13.8 Å². The molecule has 0 rings (SSSR count). The van der Waals surface area contributed by atoms with Crippen molar-refractivity contribution in [2.24, 2.45) is 0 Å². The van der Waals surface area contributed by atoms with E-state index in [9.17, 15) is 0 Å². The maximum Gasteiger partial charge on any atom is 0 e. The first-order valence-electron chi connectivity index (χ1n) is 1.95. The van der Waals surface area contributed by atoms with E-state index < -0.39 is 0 Å². The minimum Gasteiger partial charge on any atom is 0 e. The molecule has 0 atom stereocenters. The zero-order valence-electron chi connectivity index (χ0n) is 5.38. The van der Waals surface area contributed by atoms with Gasteiger partial charge in [-0.25, -0.2) is 0 Å². The molecule has 10 heavy (non-hydrogen) atoms. The molecule has 0 aromatic heterocycles. The zero-order chi connectivity index (χ0) is 8.71. The molecule has 3 nitrogen and oxygen atoms in total. The van der Waals surface area contributed by atoms with E-state index in [2.05, 4.69) is 19.5 Å². The van der Waals surface area contributed by atoms with Gasteiger partial charge in [0.05, 0.1) is 0 Å². The van der Waals surface area contributed by atoms with Gasteiger partial charge >= 0.3 is 17.5 Å². The van der Waals surface area contributed by atoms with Crippen LogP contribution >= 0.6 is 0 Å². The fraction of sp³-hybridized carbons (Fsp3) is 0.429. The minimum absolute atomic E-state index is 0. The van der Waals surface area contributed by atoms with Crippen LogP contribution in [0.15, 0.2) is 0 Å². The molecule has 0 aromatic carbocycles. The summed E-state index contributed by atoms with van der Waals surface area (Å²) in [5.74, 6) is 0. The van der Waals surface area contributed by atoms with Gasteiger partial charge in [0.2, 0.25) is 0 Å². The number of hydrogen-bond acceptors (Lipinski definition) is 2. The summed E-state index contributed by atoms with van der Waals surface area (Å²) in [4.78, 5) is 16.2. The fourth-order valence-corrected chi connectivity index (χ4v) is 0. The van der Waals surface area contributed by atoms with Crippen molar-refractivity contribution in [3.05, 3.63) is 6.65 Å². The molecule has 0 aromatic rings. The topological polar surface area (TPSA) is 54.0 Å². The molecule has 0 radical (unpaired) electrons. The molecule has 0 fully saturated rings. The van der Waals surface area contributed by atoms with Gasteiger partial charge in [-0.15, -0.1) is 12.8 Å². The Kier molecular flexibility index (Phi) is 12700. The van der Waals surface area contributed by atoms with Crippen LogP contribution in [0.3, 0.4) is 0 Å². The van der Waals surface area contributed by atoms with Gasteiger partial charge in [0.1, 0.15) is 0 Å². The molecular weight excluding hydrogens is 132 g/mol. The summed E-state index contributed by atoms with van der Waals surface area (Å²) in [6.07, 6.45) is 8.25. The summed E-state index contributed by atoms with van der Waals surface area (Å²) in [7, 11) is 0. The van der Waals surface area contributed by atoms with Crippen LogP contribution in [0.25, 0.3) is 0 Å². The molecule has 0 bridgehead atoms. The average Bonchev–Trinajstić information content (AvgIpc) is 2.01. The summed E-state index contributed by atoms with van der Waals surface area (Å²) in [5, 5.41) is 0. The van der Waals surface area contributed by atoms with Gasteiger partial charge in [-0.1, -0.05) is 21.3 Å². The monoisotopic (exact) mass is 150 g/mol. The van der Waals surface area contributed by atoms with Crippen molar-refractivity contribution >= 4 is 6.15 Å². The number of rotatable bonds is 0. The molecule has 0 saturated carbocycles. The Morgan fingerprint density at radius 1 is 1.30 bits per heavy atom. The van der Waals surface area contributed by atoms with Gasteiger partial charge in [-0.2, -0.15) is 9.59 Å². The predicted molar refractivity (Wildman–Crippen MR) is 43.2 cm³/mol. The third-order valence-corrected chi connectivity index (χ3v) is 0. The quantitative estimate of drug-likeness (QED) is 0.301. The van der Waals surface area contributed by atoms with Gasteiger partial charge in [-0.3, -0.25) is 0 Å². The van der Waals surface area contributed by atoms with E-state index in [0.717, 1.165) is 0 Å². The van der Waals surface area contributed by atoms with Crippen LogP contribution in [-0.2, 0) is 14.2 Å². The maximum atomic E-state index is 8.12. The molecule has 0 spiro atoms. The Labute approximate surface area is 66.6 Å². The first-order valence-corrected chi connectivity index (χ1v) is 1.95. The molecule has 0 aliphatic carbocycles. The molecule has 3 heteroatoms. The van der Waals surface area contributed by atoms with Crippen LogP contribution in [0, 0.1) is 19.5 Å². The van der Waals surface area contributed by atoms with E-state index in [1.165, 1.54) is 0 Å².